The Morgan fingerprint density at radius 1 is 0.867 bits per heavy atom. The van der Waals surface area contributed by atoms with Crippen molar-refractivity contribution >= 4 is 0 Å². The number of hydrogen-bond acceptors (Lipinski definition) is 1. The molecule has 0 spiro atoms. The van der Waals surface area contributed by atoms with Gasteiger partial charge in [-0.15, -0.1) is 0 Å². The number of rotatable bonds is 1. The first-order chi connectivity index (χ1) is 7.18. The molecule has 1 nitrogen and oxygen atoms in total. The molecule has 0 amide bonds. The van der Waals surface area contributed by atoms with Crippen LogP contribution >= 0.6 is 0 Å². The number of hydrogen-bond donors (Lipinski definition) is 1. The predicted octanol–water partition coefficient (Wildman–Crippen LogP) is 3.34. The maximum absolute atomic E-state index is 13.4. The molecule has 0 saturated heterocycles. The second kappa shape index (κ2) is 3.69. The zero-order valence-corrected chi connectivity index (χ0v) is 7.74. The van der Waals surface area contributed by atoms with Crippen LogP contribution in [0.5, 0.6) is 5.75 Å². The number of benzene rings is 2. The molecule has 0 aliphatic heterocycles. The molecule has 0 bridgehead atoms. The number of phenolic OH excluding ortho intramolecular Hbond substituents is 1. The summed E-state index contributed by atoms with van der Waals surface area (Å²) in [5.74, 6) is -1.34. The van der Waals surface area contributed by atoms with E-state index in [4.69, 9.17) is 0 Å². The standard InChI is InChI=1S/C12H8F2O/c13-8-5-6-9(11(14)7-8)10-3-1-2-4-12(10)15/h1-7,15H. The number of phenols is 1. The highest BCUT2D eigenvalue weighted by atomic mass is 19.1. The van der Waals surface area contributed by atoms with Gasteiger partial charge in [0.1, 0.15) is 17.4 Å². The van der Waals surface area contributed by atoms with Crippen LogP contribution in [0.25, 0.3) is 11.1 Å². The van der Waals surface area contributed by atoms with Crippen LogP contribution in [-0.2, 0) is 0 Å². The third-order valence-electron chi connectivity index (χ3n) is 2.13. The summed E-state index contributed by atoms with van der Waals surface area (Å²) in [6.07, 6.45) is 0. The van der Waals surface area contributed by atoms with E-state index in [9.17, 15) is 13.9 Å². The molecule has 0 atom stereocenters. The maximum atomic E-state index is 13.4. The van der Waals surface area contributed by atoms with E-state index in [1.807, 2.05) is 0 Å². The fourth-order valence-electron chi connectivity index (χ4n) is 1.41. The average molecular weight is 206 g/mol. The van der Waals surface area contributed by atoms with Gasteiger partial charge in [0.15, 0.2) is 0 Å². The van der Waals surface area contributed by atoms with Crippen molar-refractivity contribution in [2.75, 3.05) is 0 Å². The van der Waals surface area contributed by atoms with Gasteiger partial charge in [-0.2, -0.15) is 0 Å². The van der Waals surface area contributed by atoms with Gasteiger partial charge in [-0.25, -0.2) is 8.78 Å². The van der Waals surface area contributed by atoms with Crippen molar-refractivity contribution in [3.05, 3.63) is 54.1 Å². The van der Waals surface area contributed by atoms with Crippen LogP contribution in [0.2, 0.25) is 0 Å². The molecule has 76 valence electrons. The minimum absolute atomic E-state index is 0.0250. The van der Waals surface area contributed by atoms with Crippen molar-refractivity contribution in [1.82, 2.24) is 0 Å². The van der Waals surface area contributed by atoms with Crippen molar-refractivity contribution in [2.45, 2.75) is 0 Å². The fraction of sp³-hybridized carbons (Fsp3) is 0. The predicted molar refractivity (Wildman–Crippen MR) is 53.5 cm³/mol. The van der Waals surface area contributed by atoms with Gasteiger partial charge in [0.2, 0.25) is 0 Å². The molecule has 2 aromatic carbocycles. The maximum Gasteiger partial charge on any atom is 0.134 e. The Hall–Kier alpha value is -1.90. The van der Waals surface area contributed by atoms with E-state index in [1.54, 1.807) is 18.2 Å². The summed E-state index contributed by atoms with van der Waals surface area (Å²) >= 11 is 0. The Labute approximate surface area is 85.6 Å². The monoisotopic (exact) mass is 206 g/mol. The third-order valence-corrected chi connectivity index (χ3v) is 2.13. The lowest BCUT2D eigenvalue weighted by atomic mass is 10.0. The summed E-state index contributed by atoms with van der Waals surface area (Å²) in [6.45, 7) is 0. The molecule has 0 aromatic heterocycles. The Balaban J connectivity index is 2.60. The Kier molecular flexibility index (Phi) is 2.37. The van der Waals surface area contributed by atoms with Crippen LogP contribution in [0.4, 0.5) is 8.78 Å². The molecule has 0 fully saturated rings. The molecule has 0 heterocycles. The Morgan fingerprint density at radius 2 is 1.60 bits per heavy atom. The minimum atomic E-state index is -0.684. The first-order valence-corrected chi connectivity index (χ1v) is 4.42. The van der Waals surface area contributed by atoms with Gasteiger partial charge in [-0.1, -0.05) is 18.2 Å². The zero-order chi connectivity index (χ0) is 10.8. The average Bonchev–Trinajstić information content (AvgIpc) is 2.20. The molecular formula is C12H8F2O. The molecule has 0 aliphatic rings. The highest BCUT2D eigenvalue weighted by Gasteiger charge is 2.09. The third kappa shape index (κ3) is 1.81. The fourth-order valence-corrected chi connectivity index (χ4v) is 1.41. The normalized spacial score (nSPS) is 10.3. The largest absolute Gasteiger partial charge is 0.507 e. The van der Waals surface area contributed by atoms with Gasteiger partial charge in [0.05, 0.1) is 0 Å². The first-order valence-electron chi connectivity index (χ1n) is 4.42. The van der Waals surface area contributed by atoms with Crippen LogP contribution in [0.1, 0.15) is 0 Å². The lowest BCUT2D eigenvalue weighted by molar-refractivity contribution is 0.476. The Morgan fingerprint density at radius 3 is 2.27 bits per heavy atom. The lowest BCUT2D eigenvalue weighted by Gasteiger charge is -2.05. The highest BCUT2D eigenvalue weighted by molar-refractivity contribution is 5.70. The van der Waals surface area contributed by atoms with Crippen molar-refractivity contribution in [3.8, 4) is 16.9 Å². The van der Waals surface area contributed by atoms with Crippen molar-refractivity contribution in [3.63, 3.8) is 0 Å². The highest BCUT2D eigenvalue weighted by Crippen LogP contribution is 2.30. The van der Waals surface area contributed by atoms with E-state index in [-0.39, 0.29) is 11.3 Å². The smallest absolute Gasteiger partial charge is 0.134 e. The number of para-hydroxylation sites is 1. The molecule has 2 aromatic rings. The van der Waals surface area contributed by atoms with Gasteiger partial charge in [0, 0.05) is 17.2 Å². The van der Waals surface area contributed by atoms with E-state index in [2.05, 4.69) is 0 Å². The second-order valence-electron chi connectivity index (χ2n) is 3.14. The summed E-state index contributed by atoms with van der Waals surface area (Å²) in [4.78, 5) is 0. The molecule has 2 rings (SSSR count). The summed E-state index contributed by atoms with van der Waals surface area (Å²) in [5.41, 5.74) is 0.546. The van der Waals surface area contributed by atoms with Crippen LogP contribution in [0.3, 0.4) is 0 Å². The molecule has 0 radical (unpaired) electrons. The first kappa shape index (κ1) is 9.65. The molecular weight excluding hydrogens is 198 g/mol. The van der Waals surface area contributed by atoms with E-state index in [0.717, 1.165) is 12.1 Å². The molecule has 15 heavy (non-hydrogen) atoms. The zero-order valence-electron chi connectivity index (χ0n) is 7.74. The topological polar surface area (TPSA) is 20.2 Å². The number of halogens is 2. The molecule has 3 heteroatoms. The molecule has 0 unspecified atom stereocenters. The van der Waals surface area contributed by atoms with Gasteiger partial charge in [0.25, 0.3) is 0 Å². The van der Waals surface area contributed by atoms with Crippen LogP contribution < -0.4 is 0 Å². The summed E-state index contributed by atoms with van der Waals surface area (Å²) < 4.78 is 26.0. The van der Waals surface area contributed by atoms with E-state index in [0.29, 0.717) is 5.56 Å². The summed E-state index contributed by atoms with van der Waals surface area (Å²) in [7, 11) is 0. The second-order valence-corrected chi connectivity index (χ2v) is 3.14. The quantitative estimate of drug-likeness (QED) is 0.758. The van der Waals surface area contributed by atoms with E-state index >= 15 is 0 Å². The SMILES string of the molecule is Oc1ccccc1-c1ccc(F)cc1F. The van der Waals surface area contributed by atoms with Crippen LogP contribution in [0, 0.1) is 11.6 Å². The van der Waals surface area contributed by atoms with Gasteiger partial charge in [-0.3, -0.25) is 0 Å². The lowest BCUT2D eigenvalue weighted by Crippen LogP contribution is -1.86. The minimum Gasteiger partial charge on any atom is -0.507 e. The van der Waals surface area contributed by atoms with Crippen molar-refractivity contribution in [2.24, 2.45) is 0 Å². The van der Waals surface area contributed by atoms with Gasteiger partial charge < -0.3 is 5.11 Å². The van der Waals surface area contributed by atoms with Gasteiger partial charge in [-0.05, 0) is 18.2 Å². The molecule has 0 saturated carbocycles. The Bertz CT molecular complexity index is 495. The van der Waals surface area contributed by atoms with E-state index < -0.39 is 11.6 Å². The molecule has 0 aliphatic carbocycles. The van der Waals surface area contributed by atoms with Gasteiger partial charge >= 0.3 is 0 Å². The molecule has 1 N–H and O–H groups in total. The van der Waals surface area contributed by atoms with Crippen molar-refractivity contribution in [1.29, 1.82) is 0 Å². The summed E-state index contributed by atoms with van der Waals surface area (Å²) in [6, 6.07) is 9.61. The van der Waals surface area contributed by atoms with Crippen LogP contribution in [-0.4, -0.2) is 5.11 Å². The summed E-state index contributed by atoms with van der Waals surface area (Å²) in [5, 5.41) is 9.50. The van der Waals surface area contributed by atoms with Crippen molar-refractivity contribution < 1.29 is 13.9 Å². The number of aromatic hydroxyl groups is 1. The van der Waals surface area contributed by atoms with Crippen LogP contribution in [0.15, 0.2) is 42.5 Å². The van der Waals surface area contributed by atoms with E-state index in [1.165, 1.54) is 12.1 Å².